The van der Waals surface area contributed by atoms with Crippen LogP contribution >= 0.6 is 11.8 Å². The van der Waals surface area contributed by atoms with Crippen LogP contribution in [0.3, 0.4) is 0 Å². The number of nitrogens with zero attached hydrogens (tertiary/aromatic N) is 4. The average Bonchev–Trinajstić information content (AvgIpc) is 3.40. The molecule has 1 aliphatic heterocycles. The molecule has 31 heavy (non-hydrogen) atoms. The van der Waals surface area contributed by atoms with Gasteiger partial charge < -0.3 is 9.30 Å². The highest BCUT2D eigenvalue weighted by Gasteiger charge is 2.22. The Kier molecular flexibility index (Phi) is 7.37. The molecule has 164 valence electrons. The summed E-state index contributed by atoms with van der Waals surface area (Å²) >= 11 is 1.71. The molecular weight excluding hydrogens is 411 g/mol. The van der Waals surface area contributed by atoms with E-state index in [9.17, 15) is 4.39 Å². The van der Waals surface area contributed by atoms with Crippen LogP contribution in [0.15, 0.2) is 53.7 Å². The number of ether oxygens (including phenoxy) is 1. The number of thioether (sulfide) groups is 1. The monoisotopic (exact) mass is 440 g/mol. The first-order valence-electron chi connectivity index (χ1n) is 10.7. The highest BCUT2D eigenvalue weighted by molar-refractivity contribution is 7.98. The molecule has 5 nitrogen and oxygen atoms in total. The number of aryl methyl sites for hydroxylation is 1. The summed E-state index contributed by atoms with van der Waals surface area (Å²) in [5.41, 5.74) is 3.27. The lowest BCUT2D eigenvalue weighted by Crippen LogP contribution is -2.23. The summed E-state index contributed by atoms with van der Waals surface area (Å²) in [6.45, 7) is 4.83. The van der Waals surface area contributed by atoms with Crippen molar-refractivity contribution in [2.24, 2.45) is 0 Å². The van der Waals surface area contributed by atoms with Gasteiger partial charge in [-0.05, 0) is 44.0 Å². The van der Waals surface area contributed by atoms with Gasteiger partial charge in [-0.15, -0.1) is 10.2 Å². The van der Waals surface area contributed by atoms with Crippen molar-refractivity contribution in [3.8, 4) is 0 Å². The van der Waals surface area contributed by atoms with Crippen LogP contribution in [0, 0.1) is 12.7 Å². The number of hydrogen-bond acceptors (Lipinski definition) is 5. The van der Waals surface area contributed by atoms with Crippen molar-refractivity contribution in [3.63, 3.8) is 0 Å². The maximum Gasteiger partial charge on any atom is 0.191 e. The minimum Gasteiger partial charge on any atom is -0.376 e. The zero-order valence-electron chi connectivity index (χ0n) is 18.1. The predicted octanol–water partition coefficient (Wildman–Crippen LogP) is 4.83. The molecule has 1 aliphatic rings. The Balaban J connectivity index is 1.49. The Morgan fingerprint density at radius 3 is 2.61 bits per heavy atom. The summed E-state index contributed by atoms with van der Waals surface area (Å²) < 4.78 is 22.1. The van der Waals surface area contributed by atoms with Gasteiger partial charge >= 0.3 is 0 Å². The fraction of sp³-hybridized carbons (Fsp3) is 0.417. The van der Waals surface area contributed by atoms with Gasteiger partial charge in [0, 0.05) is 24.5 Å². The van der Waals surface area contributed by atoms with E-state index in [1.807, 2.05) is 19.2 Å². The van der Waals surface area contributed by atoms with Crippen molar-refractivity contribution in [2.45, 2.75) is 56.4 Å². The molecule has 0 spiro atoms. The number of aromatic nitrogens is 3. The largest absolute Gasteiger partial charge is 0.376 e. The molecule has 0 unspecified atom stereocenters. The molecule has 0 bridgehead atoms. The third-order valence-corrected chi connectivity index (χ3v) is 6.65. The van der Waals surface area contributed by atoms with Gasteiger partial charge in [0.15, 0.2) is 5.16 Å². The van der Waals surface area contributed by atoms with E-state index in [-0.39, 0.29) is 11.9 Å². The normalized spacial score (nSPS) is 16.3. The maximum absolute atomic E-state index is 14.1. The number of rotatable bonds is 9. The molecule has 0 N–H and O–H groups in total. The molecule has 1 aromatic heterocycles. The summed E-state index contributed by atoms with van der Waals surface area (Å²) in [4.78, 5) is 2.07. The lowest BCUT2D eigenvalue weighted by atomic mass is 10.1. The van der Waals surface area contributed by atoms with Crippen molar-refractivity contribution in [3.05, 3.63) is 76.9 Å². The Labute approximate surface area is 187 Å². The van der Waals surface area contributed by atoms with E-state index in [0.29, 0.717) is 18.7 Å². The second kappa shape index (κ2) is 10.4. The summed E-state index contributed by atoms with van der Waals surface area (Å²) in [7, 11) is 1.98. The van der Waals surface area contributed by atoms with Crippen LogP contribution in [-0.4, -0.2) is 39.4 Å². The molecule has 0 saturated carbocycles. The molecule has 1 atom stereocenters. The van der Waals surface area contributed by atoms with Crippen molar-refractivity contribution >= 4 is 11.8 Å². The van der Waals surface area contributed by atoms with Gasteiger partial charge in [-0.2, -0.15) is 0 Å². The number of halogens is 1. The van der Waals surface area contributed by atoms with Gasteiger partial charge in [0.25, 0.3) is 0 Å². The molecule has 2 aromatic carbocycles. The van der Waals surface area contributed by atoms with Crippen molar-refractivity contribution in [1.82, 2.24) is 19.7 Å². The summed E-state index contributed by atoms with van der Waals surface area (Å²) in [6.07, 6.45) is 2.36. The van der Waals surface area contributed by atoms with Gasteiger partial charge in [0.2, 0.25) is 0 Å². The maximum atomic E-state index is 14.1. The Hall–Kier alpha value is -2.22. The van der Waals surface area contributed by atoms with E-state index in [0.717, 1.165) is 42.7 Å². The third-order valence-electron chi connectivity index (χ3n) is 5.63. The van der Waals surface area contributed by atoms with E-state index >= 15 is 0 Å². The predicted molar refractivity (Wildman–Crippen MR) is 121 cm³/mol. The zero-order chi connectivity index (χ0) is 21.6. The SMILES string of the molecule is Cc1ccccc1CSc1nnc(CN(C)Cc2ccccc2F)n1C[C@@H]1CCCO1. The molecule has 7 heteroatoms. The highest BCUT2D eigenvalue weighted by Crippen LogP contribution is 2.26. The fourth-order valence-electron chi connectivity index (χ4n) is 3.85. The van der Waals surface area contributed by atoms with Gasteiger partial charge in [0.1, 0.15) is 11.6 Å². The smallest absolute Gasteiger partial charge is 0.191 e. The second-order valence-corrected chi connectivity index (χ2v) is 9.07. The molecular formula is C24H29FN4OS. The fourth-order valence-corrected chi connectivity index (χ4v) is 4.89. The zero-order valence-corrected chi connectivity index (χ0v) is 18.9. The van der Waals surface area contributed by atoms with Crippen LogP contribution in [0.1, 0.15) is 35.4 Å². The van der Waals surface area contributed by atoms with Crippen molar-refractivity contribution in [1.29, 1.82) is 0 Å². The van der Waals surface area contributed by atoms with Crippen LogP contribution in [-0.2, 0) is 30.1 Å². The number of hydrogen-bond donors (Lipinski definition) is 0. The summed E-state index contributed by atoms with van der Waals surface area (Å²) in [5.74, 6) is 1.56. The molecule has 4 rings (SSSR count). The van der Waals surface area contributed by atoms with E-state index < -0.39 is 0 Å². The van der Waals surface area contributed by atoms with Crippen LogP contribution in [0.5, 0.6) is 0 Å². The lowest BCUT2D eigenvalue weighted by molar-refractivity contribution is 0.0934. The molecule has 1 fully saturated rings. The van der Waals surface area contributed by atoms with Crippen molar-refractivity contribution < 1.29 is 9.13 Å². The third kappa shape index (κ3) is 5.73. The van der Waals surface area contributed by atoms with Crippen LogP contribution in [0.25, 0.3) is 0 Å². The highest BCUT2D eigenvalue weighted by atomic mass is 32.2. The molecule has 3 aromatic rings. The molecule has 2 heterocycles. The number of benzene rings is 2. The first-order valence-corrected chi connectivity index (χ1v) is 11.7. The van der Waals surface area contributed by atoms with E-state index in [2.05, 4.69) is 50.9 Å². The molecule has 1 saturated heterocycles. The summed E-state index contributed by atoms with van der Waals surface area (Å²) in [5, 5.41) is 9.91. The van der Waals surface area contributed by atoms with Crippen LogP contribution < -0.4 is 0 Å². The molecule has 0 radical (unpaired) electrons. The first-order chi connectivity index (χ1) is 15.1. The van der Waals surface area contributed by atoms with Crippen LogP contribution in [0.4, 0.5) is 4.39 Å². The first kappa shape index (κ1) is 22.0. The Bertz CT molecular complexity index is 1000. The van der Waals surface area contributed by atoms with E-state index in [1.54, 1.807) is 17.8 Å². The molecule has 0 aliphatic carbocycles. The Morgan fingerprint density at radius 2 is 1.87 bits per heavy atom. The van der Waals surface area contributed by atoms with Crippen LogP contribution in [0.2, 0.25) is 0 Å². The van der Waals surface area contributed by atoms with Crippen molar-refractivity contribution in [2.75, 3.05) is 13.7 Å². The van der Waals surface area contributed by atoms with E-state index in [4.69, 9.17) is 4.74 Å². The average molecular weight is 441 g/mol. The standard InChI is InChI=1S/C24H29FN4OS/c1-18-8-3-4-10-20(18)17-31-24-27-26-23(29(24)15-21-11-7-13-30-21)16-28(2)14-19-9-5-6-12-22(19)25/h3-6,8-10,12,21H,7,11,13-17H2,1-2H3/t21-/m0/s1. The van der Waals surface area contributed by atoms with Gasteiger partial charge in [-0.1, -0.05) is 54.2 Å². The second-order valence-electron chi connectivity index (χ2n) is 8.12. The Morgan fingerprint density at radius 1 is 1.10 bits per heavy atom. The van der Waals surface area contributed by atoms with Gasteiger partial charge in [-0.3, -0.25) is 4.90 Å². The minimum absolute atomic E-state index is 0.176. The quantitative estimate of drug-likeness (QED) is 0.446. The minimum atomic E-state index is -0.176. The topological polar surface area (TPSA) is 43.2 Å². The summed E-state index contributed by atoms with van der Waals surface area (Å²) in [6, 6.07) is 15.3. The molecule has 0 amide bonds. The van der Waals surface area contributed by atoms with Gasteiger partial charge in [0.05, 0.1) is 19.2 Å². The lowest BCUT2D eigenvalue weighted by Gasteiger charge is -2.19. The van der Waals surface area contributed by atoms with E-state index in [1.165, 1.54) is 17.2 Å². The van der Waals surface area contributed by atoms with Gasteiger partial charge in [-0.25, -0.2) is 4.39 Å².